The number of carbonyl (C=O) groups excluding carboxylic acids is 1. The molecule has 0 aromatic heterocycles. The second-order valence-electron chi connectivity index (χ2n) is 5.98. The minimum absolute atomic E-state index is 0.385. The number of nitrogens with zero attached hydrogens (tertiary/aromatic N) is 2. The molecule has 0 fully saturated rings. The van der Waals surface area contributed by atoms with Gasteiger partial charge in [0.2, 0.25) is 10.0 Å². The van der Waals surface area contributed by atoms with Crippen LogP contribution in [-0.2, 0) is 14.8 Å². The Labute approximate surface area is 165 Å². The predicted octanol–water partition coefficient (Wildman–Crippen LogP) is 2.56. The van der Waals surface area contributed by atoms with E-state index in [1.165, 1.54) is 13.1 Å². The van der Waals surface area contributed by atoms with Gasteiger partial charge in [0.25, 0.3) is 5.91 Å². The molecule has 0 saturated carbocycles. The normalized spacial score (nSPS) is 12.4. The van der Waals surface area contributed by atoms with E-state index in [9.17, 15) is 13.2 Å². The molecule has 0 aliphatic heterocycles. The first kappa shape index (κ1) is 21.2. The van der Waals surface area contributed by atoms with Crippen LogP contribution in [0.25, 0.3) is 0 Å². The molecule has 0 heterocycles. The van der Waals surface area contributed by atoms with Crippen molar-refractivity contribution < 1.29 is 17.9 Å². The molecular formula is C20H23N3O4S. The fourth-order valence-electron chi connectivity index (χ4n) is 2.49. The standard InChI is InChI=1S/C20H23N3O4S/c1-4-13-27-19-12-8-9-17(14-19)15-21-22-20(24)16(2)23(28(3,25)26)18-10-6-5-7-11-18/h4-12,14-16H,1,13H2,2-3H3,(H,22,24)/t16-/m0/s1. The smallest absolute Gasteiger partial charge is 0.263 e. The van der Waals surface area contributed by atoms with Gasteiger partial charge in [0.05, 0.1) is 18.2 Å². The molecule has 0 radical (unpaired) electrons. The van der Waals surface area contributed by atoms with E-state index in [2.05, 4.69) is 17.1 Å². The third-order valence-electron chi connectivity index (χ3n) is 3.71. The first-order valence-corrected chi connectivity index (χ1v) is 10.4. The highest BCUT2D eigenvalue weighted by molar-refractivity contribution is 7.92. The topological polar surface area (TPSA) is 88.1 Å². The average molecular weight is 401 g/mol. The average Bonchev–Trinajstić information content (AvgIpc) is 2.66. The molecule has 2 aromatic rings. The van der Waals surface area contributed by atoms with Crippen LogP contribution in [0.15, 0.2) is 72.4 Å². The number of carbonyl (C=O) groups is 1. The predicted molar refractivity (Wildman–Crippen MR) is 111 cm³/mol. The third-order valence-corrected chi connectivity index (χ3v) is 4.96. The fraction of sp³-hybridized carbons (Fsp3) is 0.200. The van der Waals surface area contributed by atoms with Crippen molar-refractivity contribution in [2.75, 3.05) is 17.2 Å². The number of hydrazone groups is 1. The van der Waals surface area contributed by atoms with Crippen LogP contribution in [0.4, 0.5) is 5.69 Å². The molecule has 0 aliphatic carbocycles. The SMILES string of the molecule is C=CCOc1cccc(C=NNC(=O)[C@H](C)N(c2ccccc2)S(C)(=O)=O)c1. The number of anilines is 1. The maximum absolute atomic E-state index is 12.4. The minimum atomic E-state index is -3.66. The van der Waals surface area contributed by atoms with Crippen LogP contribution in [0.1, 0.15) is 12.5 Å². The number of para-hydroxylation sites is 1. The fourth-order valence-corrected chi connectivity index (χ4v) is 3.66. The van der Waals surface area contributed by atoms with Gasteiger partial charge in [0, 0.05) is 0 Å². The molecule has 0 spiro atoms. The lowest BCUT2D eigenvalue weighted by Crippen LogP contribution is -2.46. The first-order valence-electron chi connectivity index (χ1n) is 8.54. The van der Waals surface area contributed by atoms with Gasteiger partial charge in [-0.2, -0.15) is 5.10 Å². The Morgan fingerprint density at radius 2 is 1.96 bits per heavy atom. The molecule has 0 saturated heterocycles. The monoisotopic (exact) mass is 401 g/mol. The Bertz CT molecular complexity index is 943. The molecule has 2 aromatic carbocycles. The molecule has 7 nitrogen and oxygen atoms in total. The van der Waals surface area contributed by atoms with Crippen LogP contribution in [0.5, 0.6) is 5.75 Å². The van der Waals surface area contributed by atoms with Crippen molar-refractivity contribution in [2.45, 2.75) is 13.0 Å². The van der Waals surface area contributed by atoms with Crippen LogP contribution in [-0.4, -0.2) is 39.4 Å². The number of benzene rings is 2. The largest absolute Gasteiger partial charge is 0.490 e. The molecule has 2 rings (SSSR count). The number of hydrogen-bond acceptors (Lipinski definition) is 5. The van der Waals surface area contributed by atoms with Crippen LogP contribution in [0.3, 0.4) is 0 Å². The summed E-state index contributed by atoms with van der Waals surface area (Å²) < 4.78 is 30.9. The van der Waals surface area contributed by atoms with Crippen LogP contribution in [0, 0.1) is 0 Å². The van der Waals surface area contributed by atoms with E-state index in [-0.39, 0.29) is 0 Å². The Kier molecular flexibility index (Phi) is 7.34. The lowest BCUT2D eigenvalue weighted by molar-refractivity contribution is -0.121. The van der Waals surface area contributed by atoms with Gasteiger partial charge in [-0.1, -0.05) is 43.0 Å². The maximum atomic E-state index is 12.4. The Hall–Kier alpha value is -3.13. The van der Waals surface area contributed by atoms with E-state index < -0.39 is 22.0 Å². The number of amides is 1. The Morgan fingerprint density at radius 3 is 2.61 bits per heavy atom. The van der Waals surface area contributed by atoms with Crippen molar-refractivity contribution >= 4 is 27.8 Å². The van der Waals surface area contributed by atoms with Crippen LogP contribution in [0.2, 0.25) is 0 Å². The molecule has 148 valence electrons. The zero-order valence-electron chi connectivity index (χ0n) is 15.8. The van der Waals surface area contributed by atoms with E-state index in [0.717, 1.165) is 16.1 Å². The van der Waals surface area contributed by atoms with Gasteiger partial charge in [-0.05, 0) is 36.8 Å². The summed E-state index contributed by atoms with van der Waals surface area (Å²) in [4.78, 5) is 12.4. The van der Waals surface area contributed by atoms with Gasteiger partial charge >= 0.3 is 0 Å². The molecule has 8 heteroatoms. The van der Waals surface area contributed by atoms with Gasteiger partial charge in [0.1, 0.15) is 18.4 Å². The van der Waals surface area contributed by atoms with E-state index in [1.54, 1.807) is 60.7 Å². The summed E-state index contributed by atoms with van der Waals surface area (Å²) in [6.45, 7) is 5.48. The molecule has 0 bridgehead atoms. The summed E-state index contributed by atoms with van der Waals surface area (Å²) in [5.74, 6) is 0.0977. The maximum Gasteiger partial charge on any atom is 0.263 e. The Balaban J connectivity index is 2.08. The van der Waals surface area contributed by atoms with Crippen LogP contribution < -0.4 is 14.5 Å². The highest BCUT2D eigenvalue weighted by Gasteiger charge is 2.28. The van der Waals surface area contributed by atoms with Gasteiger partial charge in [-0.15, -0.1) is 0 Å². The number of rotatable bonds is 9. The van der Waals surface area contributed by atoms with Gasteiger partial charge in [-0.25, -0.2) is 13.8 Å². The number of ether oxygens (including phenoxy) is 1. The Morgan fingerprint density at radius 1 is 1.25 bits per heavy atom. The zero-order valence-corrected chi connectivity index (χ0v) is 16.6. The molecule has 0 aliphatic rings. The van der Waals surface area contributed by atoms with Gasteiger partial charge in [-0.3, -0.25) is 9.10 Å². The summed E-state index contributed by atoms with van der Waals surface area (Å²) >= 11 is 0. The lowest BCUT2D eigenvalue weighted by atomic mass is 10.2. The summed E-state index contributed by atoms with van der Waals surface area (Å²) in [6.07, 6.45) is 4.16. The second kappa shape index (κ2) is 9.70. The number of hydrogen-bond donors (Lipinski definition) is 1. The minimum Gasteiger partial charge on any atom is -0.490 e. The van der Waals surface area contributed by atoms with E-state index in [4.69, 9.17) is 4.74 Å². The summed E-state index contributed by atoms with van der Waals surface area (Å²) in [5.41, 5.74) is 3.51. The van der Waals surface area contributed by atoms with Crippen LogP contribution >= 0.6 is 0 Å². The van der Waals surface area contributed by atoms with E-state index >= 15 is 0 Å². The number of sulfonamides is 1. The molecule has 28 heavy (non-hydrogen) atoms. The summed E-state index contributed by atoms with van der Waals surface area (Å²) in [7, 11) is -3.66. The number of nitrogens with one attached hydrogen (secondary N) is 1. The quantitative estimate of drug-likeness (QED) is 0.397. The van der Waals surface area contributed by atoms with Gasteiger partial charge in [0.15, 0.2) is 0 Å². The first-order chi connectivity index (χ1) is 13.3. The van der Waals surface area contributed by atoms with Crippen molar-refractivity contribution in [2.24, 2.45) is 5.10 Å². The zero-order chi connectivity index (χ0) is 20.6. The third kappa shape index (κ3) is 5.95. The molecule has 1 amide bonds. The molecule has 0 unspecified atom stereocenters. The molecule has 1 N–H and O–H groups in total. The van der Waals surface area contributed by atoms with Crippen molar-refractivity contribution in [3.63, 3.8) is 0 Å². The highest BCUT2D eigenvalue weighted by atomic mass is 32.2. The summed E-state index contributed by atoms with van der Waals surface area (Å²) in [6, 6.07) is 14.6. The highest BCUT2D eigenvalue weighted by Crippen LogP contribution is 2.20. The van der Waals surface area contributed by atoms with Crippen molar-refractivity contribution in [3.8, 4) is 5.75 Å². The summed E-state index contributed by atoms with van der Waals surface area (Å²) in [5, 5.41) is 3.92. The van der Waals surface area contributed by atoms with Crippen molar-refractivity contribution in [1.82, 2.24) is 5.43 Å². The van der Waals surface area contributed by atoms with E-state index in [1.807, 2.05) is 0 Å². The molecule has 1 atom stereocenters. The van der Waals surface area contributed by atoms with Crippen molar-refractivity contribution in [1.29, 1.82) is 0 Å². The van der Waals surface area contributed by atoms with Gasteiger partial charge < -0.3 is 4.74 Å². The lowest BCUT2D eigenvalue weighted by Gasteiger charge is -2.27. The molecular weight excluding hydrogens is 378 g/mol. The van der Waals surface area contributed by atoms with E-state index in [0.29, 0.717) is 18.0 Å². The second-order valence-corrected chi connectivity index (χ2v) is 7.84. The van der Waals surface area contributed by atoms with Crippen molar-refractivity contribution in [3.05, 3.63) is 72.8 Å².